The van der Waals surface area contributed by atoms with Gasteiger partial charge in [-0.05, 0) is 63.1 Å². The Kier molecular flexibility index (Phi) is 4.71. The zero-order chi connectivity index (χ0) is 18.4. The second-order valence-electron chi connectivity index (χ2n) is 6.27. The lowest BCUT2D eigenvalue weighted by Gasteiger charge is -2.27. The quantitative estimate of drug-likeness (QED) is 0.561. The number of nitrogens with one attached hydrogen (secondary N) is 1. The van der Waals surface area contributed by atoms with Crippen molar-refractivity contribution in [3.05, 3.63) is 68.1 Å². The Balaban J connectivity index is 1.32. The highest BCUT2D eigenvalue weighted by Gasteiger charge is 2.32. The first-order chi connectivity index (χ1) is 13.2. The lowest BCUT2D eigenvalue weighted by Crippen LogP contribution is -2.28. The van der Waals surface area contributed by atoms with Crippen molar-refractivity contribution in [1.82, 2.24) is 4.90 Å². The van der Waals surface area contributed by atoms with Crippen LogP contribution in [0.2, 0.25) is 5.02 Å². The van der Waals surface area contributed by atoms with E-state index in [9.17, 15) is 0 Å². The van der Waals surface area contributed by atoms with Gasteiger partial charge in [0.05, 0.1) is 28.3 Å². The first-order valence-corrected chi connectivity index (χ1v) is 11.4. The Morgan fingerprint density at radius 1 is 1.22 bits per heavy atom. The summed E-state index contributed by atoms with van der Waals surface area (Å²) in [5.41, 5.74) is 5.75. The first-order valence-electron chi connectivity index (χ1n) is 8.41. The van der Waals surface area contributed by atoms with Gasteiger partial charge in [0.15, 0.2) is 10.3 Å². The van der Waals surface area contributed by atoms with Gasteiger partial charge in [0.2, 0.25) is 0 Å². The van der Waals surface area contributed by atoms with Crippen LogP contribution in [0.5, 0.6) is 0 Å². The maximum absolute atomic E-state index is 6.17. The molecule has 0 saturated carbocycles. The third-order valence-corrected chi connectivity index (χ3v) is 7.56. The van der Waals surface area contributed by atoms with Crippen LogP contribution in [0.25, 0.3) is 0 Å². The Morgan fingerprint density at radius 3 is 3.04 bits per heavy atom. The summed E-state index contributed by atoms with van der Waals surface area (Å²) >= 11 is 13.3. The van der Waals surface area contributed by atoms with Crippen molar-refractivity contribution in [3.63, 3.8) is 0 Å². The van der Waals surface area contributed by atoms with Crippen LogP contribution in [0, 0.1) is 0 Å². The third kappa shape index (κ3) is 3.42. The molecule has 136 valence electrons. The fourth-order valence-electron chi connectivity index (χ4n) is 3.17. The van der Waals surface area contributed by atoms with E-state index in [-0.39, 0.29) is 0 Å². The average Bonchev–Trinajstić information content (AvgIpc) is 2.98. The van der Waals surface area contributed by atoms with Gasteiger partial charge in [-0.1, -0.05) is 41.6 Å². The Morgan fingerprint density at radius 2 is 2.11 bits per heavy atom. The van der Waals surface area contributed by atoms with Crippen LogP contribution in [-0.2, 0) is 13.1 Å². The number of amidine groups is 2. The van der Waals surface area contributed by atoms with Gasteiger partial charge in [-0.25, -0.2) is 4.99 Å². The summed E-state index contributed by atoms with van der Waals surface area (Å²) in [6.07, 6.45) is 0. The Bertz CT molecular complexity index is 1030. The summed E-state index contributed by atoms with van der Waals surface area (Å²) in [5, 5.41) is 6.15. The largest absolute Gasteiger partial charge is 0.335 e. The summed E-state index contributed by atoms with van der Waals surface area (Å²) in [5.74, 6) is 0.816. The van der Waals surface area contributed by atoms with Crippen LogP contribution in [0.3, 0.4) is 0 Å². The highest BCUT2D eigenvalue weighted by Crippen LogP contribution is 2.45. The number of anilines is 1. The zero-order valence-corrected chi connectivity index (χ0v) is 18.1. The minimum Gasteiger partial charge on any atom is -0.335 e. The normalized spacial score (nSPS) is 17.6. The molecule has 3 aliphatic rings. The molecule has 0 spiro atoms. The van der Waals surface area contributed by atoms with Gasteiger partial charge >= 0.3 is 0 Å². The number of rotatable bonds is 2. The van der Waals surface area contributed by atoms with Gasteiger partial charge in [0, 0.05) is 16.5 Å². The van der Waals surface area contributed by atoms with Crippen molar-refractivity contribution >= 4 is 72.8 Å². The molecule has 4 nitrogen and oxygen atoms in total. The predicted octanol–water partition coefficient (Wildman–Crippen LogP) is 6.17. The van der Waals surface area contributed by atoms with E-state index in [2.05, 4.69) is 43.3 Å². The second-order valence-corrected chi connectivity index (χ2v) is 9.96. The Hall–Kier alpha value is -1.41. The molecule has 0 atom stereocenters. The molecular formula is C19H14BrClN4S2. The Labute approximate surface area is 179 Å². The number of halogens is 2. The topological polar surface area (TPSA) is 40.0 Å². The minimum absolute atomic E-state index is 0.725. The number of hydrogen-bond donors (Lipinski definition) is 1. The maximum Gasteiger partial charge on any atom is 0.174 e. The van der Waals surface area contributed by atoms with E-state index in [0.717, 1.165) is 55.0 Å². The van der Waals surface area contributed by atoms with E-state index in [1.807, 2.05) is 30.3 Å². The van der Waals surface area contributed by atoms with E-state index < -0.39 is 0 Å². The summed E-state index contributed by atoms with van der Waals surface area (Å²) in [6, 6.07) is 14.2. The van der Waals surface area contributed by atoms with Crippen molar-refractivity contribution in [2.45, 2.75) is 13.1 Å². The number of para-hydroxylation sites is 1. The average molecular weight is 478 g/mol. The molecule has 0 unspecified atom stereocenters. The standard InChI is InChI=1S/C19H14BrClN4S2/c20-17-16(10-26-18-22-8-11-3-1-2-4-14(11)23-18)25-9-12-7-13(21)5-6-15(12)24-19(25)27-17/h1-7H,8-10H2,(H,22,23). The van der Waals surface area contributed by atoms with Crippen molar-refractivity contribution in [3.8, 4) is 0 Å². The number of benzene rings is 2. The molecule has 0 bridgehead atoms. The molecule has 0 fully saturated rings. The molecule has 3 aliphatic heterocycles. The van der Waals surface area contributed by atoms with Gasteiger partial charge in [0.25, 0.3) is 0 Å². The third-order valence-electron chi connectivity index (χ3n) is 4.55. The summed E-state index contributed by atoms with van der Waals surface area (Å²) in [6.45, 7) is 1.51. The highest BCUT2D eigenvalue weighted by atomic mass is 79.9. The smallest absolute Gasteiger partial charge is 0.174 e. The van der Waals surface area contributed by atoms with Gasteiger partial charge in [-0.3, -0.25) is 4.99 Å². The molecule has 5 rings (SSSR count). The van der Waals surface area contributed by atoms with E-state index >= 15 is 0 Å². The molecule has 8 heteroatoms. The van der Waals surface area contributed by atoms with Crippen LogP contribution < -0.4 is 5.32 Å². The number of nitrogens with zero attached hydrogens (tertiary/aromatic N) is 3. The van der Waals surface area contributed by atoms with E-state index in [1.165, 1.54) is 11.3 Å². The first kappa shape index (κ1) is 17.7. The van der Waals surface area contributed by atoms with Crippen LogP contribution in [0.15, 0.2) is 62.0 Å². The van der Waals surface area contributed by atoms with Crippen molar-refractivity contribution in [2.75, 3.05) is 11.1 Å². The van der Waals surface area contributed by atoms with Gasteiger partial charge < -0.3 is 10.2 Å². The SMILES string of the molecule is Clc1ccc2c(c1)CN1C(=N2)SC(Br)=C1CSC1=NCc2ccccc2N1. The molecule has 3 heterocycles. The molecule has 0 aliphatic carbocycles. The summed E-state index contributed by atoms with van der Waals surface area (Å²) < 4.78 is 1.12. The molecule has 0 radical (unpaired) electrons. The molecular weight excluding hydrogens is 464 g/mol. The maximum atomic E-state index is 6.17. The van der Waals surface area contributed by atoms with Gasteiger partial charge in [-0.2, -0.15) is 0 Å². The molecule has 2 aromatic carbocycles. The van der Waals surface area contributed by atoms with Crippen LogP contribution in [0.4, 0.5) is 11.4 Å². The second kappa shape index (κ2) is 7.20. The predicted molar refractivity (Wildman–Crippen MR) is 121 cm³/mol. The number of hydrogen-bond acceptors (Lipinski definition) is 6. The van der Waals surface area contributed by atoms with Gasteiger partial charge in [0.1, 0.15) is 0 Å². The molecule has 0 aromatic heterocycles. The van der Waals surface area contributed by atoms with Gasteiger partial charge in [-0.15, -0.1) is 0 Å². The monoisotopic (exact) mass is 476 g/mol. The van der Waals surface area contributed by atoms with E-state index in [0.29, 0.717) is 0 Å². The highest BCUT2D eigenvalue weighted by molar-refractivity contribution is 9.14. The summed E-state index contributed by atoms with van der Waals surface area (Å²) in [7, 11) is 0. The lowest BCUT2D eigenvalue weighted by molar-refractivity contribution is 0.519. The lowest BCUT2D eigenvalue weighted by atomic mass is 10.1. The molecule has 27 heavy (non-hydrogen) atoms. The summed E-state index contributed by atoms with van der Waals surface area (Å²) in [4.78, 5) is 11.7. The van der Waals surface area contributed by atoms with E-state index in [1.54, 1.807) is 23.5 Å². The fourth-order valence-corrected chi connectivity index (χ4v) is 6.23. The molecule has 1 N–H and O–H groups in total. The molecule has 0 amide bonds. The number of fused-ring (bicyclic) bond motifs is 3. The number of thioether (sulfide) groups is 2. The van der Waals surface area contributed by atoms with Crippen LogP contribution in [0.1, 0.15) is 11.1 Å². The van der Waals surface area contributed by atoms with Crippen LogP contribution >= 0.6 is 51.1 Å². The van der Waals surface area contributed by atoms with Crippen molar-refractivity contribution in [2.24, 2.45) is 9.98 Å². The fraction of sp³-hybridized carbons (Fsp3) is 0.158. The van der Waals surface area contributed by atoms with Crippen molar-refractivity contribution in [1.29, 1.82) is 0 Å². The van der Waals surface area contributed by atoms with E-state index in [4.69, 9.17) is 16.6 Å². The molecule has 2 aromatic rings. The number of aliphatic imine (C=N–C) groups is 2. The van der Waals surface area contributed by atoms with Crippen LogP contribution in [-0.4, -0.2) is 21.0 Å². The zero-order valence-electron chi connectivity index (χ0n) is 14.1. The molecule has 0 saturated heterocycles. The minimum atomic E-state index is 0.725. The van der Waals surface area contributed by atoms with Crippen molar-refractivity contribution < 1.29 is 0 Å².